The molecule has 2 aliphatic rings. The van der Waals surface area contributed by atoms with Crippen LogP contribution in [0, 0.1) is 5.41 Å². The zero-order valence-corrected chi connectivity index (χ0v) is 14.6. The van der Waals surface area contributed by atoms with Gasteiger partial charge in [-0.1, -0.05) is 6.58 Å². The fourth-order valence-electron chi connectivity index (χ4n) is 4.03. The molecule has 1 spiro atoms. The van der Waals surface area contributed by atoms with E-state index in [2.05, 4.69) is 11.7 Å². The van der Waals surface area contributed by atoms with E-state index in [-0.39, 0.29) is 11.3 Å². The molecule has 0 N–H and O–H groups in total. The van der Waals surface area contributed by atoms with Gasteiger partial charge >= 0.3 is 6.18 Å². The van der Waals surface area contributed by atoms with Crippen molar-refractivity contribution in [3.05, 3.63) is 54.7 Å². The summed E-state index contributed by atoms with van der Waals surface area (Å²) >= 11 is 0. The van der Waals surface area contributed by atoms with Crippen molar-refractivity contribution in [2.75, 3.05) is 24.5 Å². The van der Waals surface area contributed by atoms with E-state index in [9.17, 15) is 18.0 Å². The highest BCUT2D eigenvalue weighted by Gasteiger charge is 2.45. The highest BCUT2D eigenvalue weighted by atomic mass is 19.4. The molecule has 4 rings (SSSR count). The number of likely N-dealkylation sites (tertiary alicyclic amines) is 1. The summed E-state index contributed by atoms with van der Waals surface area (Å²) in [6.07, 6.45) is -0.550. The topological polar surface area (TPSA) is 41.4 Å². The van der Waals surface area contributed by atoms with Gasteiger partial charge in [-0.2, -0.15) is 18.3 Å². The van der Waals surface area contributed by atoms with E-state index < -0.39 is 11.7 Å². The third kappa shape index (κ3) is 3.09. The summed E-state index contributed by atoms with van der Waals surface area (Å²) in [4.78, 5) is 15.7. The van der Waals surface area contributed by atoms with Crippen LogP contribution in [0.15, 0.2) is 49.2 Å². The Hall–Kier alpha value is -2.77. The molecule has 8 heteroatoms. The maximum atomic E-state index is 12.9. The molecular weight excluding hydrogens is 357 g/mol. The Morgan fingerprint density at radius 2 is 1.89 bits per heavy atom. The number of amides is 1. The average molecular weight is 376 g/mol. The number of hydrogen-bond acceptors (Lipinski definition) is 3. The van der Waals surface area contributed by atoms with Crippen LogP contribution in [0.5, 0.6) is 0 Å². The quantitative estimate of drug-likeness (QED) is 0.754. The highest BCUT2D eigenvalue weighted by Crippen LogP contribution is 2.42. The van der Waals surface area contributed by atoms with E-state index in [1.807, 2.05) is 15.6 Å². The van der Waals surface area contributed by atoms with Gasteiger partial charge in [0.1, 0.15) is 5.82 Å². The molecule has 0 unspecified atom stereocenters. The van der Waals surface area contributed by atoms with Crippen LogP contribution in [0.3, 0.4) is 0 Å². The molecule has 142 valence electrons. The number of hydrogen-bond donors (Lipinski definition) is 0. The first-order valence-corrected chi connectivity index (χ1v) is 8.69. The van der Waals surface area contributed by atoms with Crippen molar-refractivity contribution in [3.63, 3.8) is 0 Å². The molecular formula is C19H19F3N4O. The predicted octanol–water partition coefficient (Wildman–Crippen LogP) is 3.46. The fraction of sp³-hybridized carbons (Fsp3) is 0.368. The van der Waals surface area contributed by atoms with Crippen molar-refractivity contribution in [2.24, 2.45) is 5.41 Å². The van der Waals surface area contributed by atoms with Gasteiger partial charge in [0, 0.05) is 36.8 Å². The van der Waals surface area contributed by atoms with Gasteiger partial charge < -0.3 is 9.80 Å². The molecule has 1 aromatic carbocycles. The average Bonchev–Trinajstić information content (AvgIpc) is 3.27. The molecule has 0 bridgehead atoms. The van der Waals surface area contributed by atoms with Gasteiger partial charge in [0.25, 0.3) is 0 Å². The van der Waals surface area contributed by atoms with Crippen molar-refractivity contribution in [3.8, 4) is 0 Å². The van der Waals surface area contributed by atoms with E-state index in [4.69, 9.17) is 0 Å². The van der Waals surface area contributed by atoms with Crippen LogP contribution in [0.25, 0.3) is 0 Å². The number of halogens is 3. The standard InChI is InChI=1S/C19H19F3N4O/c1-2-17(27)24-10-8-18(11-24)12-25(16-7-9-23-26(16)13-18)15-5-3-14(4-6-15)19(20,21)22/h2-7,9H,1,8,10-13H2/t18-/m1/s1. The summed E-state index contributed by atoms with van der Waals surface area (Å²) in [5.74, 6) is 0.744. The monoisotopic (exact) mass is 376 g/mol. The molecule has 0 saturated carbocycles. The Balaban J connectivity index is 1.65. The number of rotatable bonds is 2. The number of nitrogens with zero attached hydrogens (tertiary/aromatic N) is 4. The molecule has 1 atom stereocenters. The molecule has 1 fully saturated rings. The maximum Gasteiger partial charge on any atom is 0.416 e. The van der Waals surface area contributed by atoms with E-state index in [1.165, 1.54) is 18.2 Å². The second kappa shape index (κ2) is 6.14. The lowest BCUT2D eigenvalue weighted by Crippen LogP contribution is -2.46. The minimum Gasteiger partial charge on any atom is -0.338 e. The first-order valence-electron chi connectivity index (χ1n) is 8.69. The Morgan fingerprint density at radius 3 is 2.56 bits per heavy atom. The van der Waals surface area contributed by atoms with Crippen molar-refractivity contribution in [1.29, 1.82) is 0 Å². The van der Waals surface area contributed by atoms with Gasteiger partial charge in [-0.05, 0) is 36.8 Å². The van der Waals surface area contributed by atoms with Gasteiger partial charge in [0.05, 0.1) is 18.3 Å². The van der Waals surface area contributed by atoms with Crippen LogP contribution in [0.2, 0.25) is 0 Å². The molecule has 2 aromatic rings. The van der Waals surface area contributed by atoms with Crippen molar-refractivity contribution in [2.45, 2.75) is 19.1 Å². The van der Waals surface area contributed by atoms with Crippen molar-refractivity contribution < 1.29 is 18.0 Å². The Bertz CT molecular complexity index is 874. The lowest BCUT2D eigenvalue weighted by molar-refractivity contribution is -0.137. The number of anilines is 2. The Labute approximate surface area is 154 Å². The zero-order chi connectivity index (χ0) is 19.2. The summed E-state index contributed by atoms with van der Waals surface area (Å²) in [5.41, 5.74) is -0.187. The smallest absolute Gasteiger partial charge is 0.338 e. The largest absolute Gasteiger partial charge is 0.416 e. The molecule has 0 radical (unpaired) electrons. The second-order valence-electron chi connectivity index (χ2n) is 7.19. The highest BCUT2D eigenvalue weighted by molar-refractivity contribution is 5.87. The van der Waals surface area contributed by atoms with E-state index in [0.717, 1.165) is 24.4 Å². The molecule has 0 aliphatic carbocycles. The zero-order valence-electron chi connectivity index (χ0n) is 14.6. The molecule has 5 nitrogen and oxygen atoms in total. The SMILES string of the molecule is C=CC(=O)N1CC[C@@]2(C1)CN(c1ccc(C(F)(F)F)cc1)c1ccnn1C2. The lowest BCUT2D eigenvalue weighted by Gasteiger charge is -2.41. The van der Waals surface area contributed by atoms with Crippen molar-refractivity contribution in [1.82, 2.24) is 14.7 Å². The van der Waals surface area contributed by atoms with E-state index >= 15 is 0 Å². The predicted molar refractivity (Wildman–Crippen MR) is 94.5 cm³/mol. The molecule has 27 heavy (non-hydrogen) atoms. The van der Waals surface area contributed by atoms with Gasteiger partial charge in [0.2, 0.25) is 5.91 Å². The number of carbonyl (C=O) groups excluding carboxylic acids is 1. The van der Waals surface area contributed by atoms with E-state index in [0.29, 0.717) is 31.9 Å². The summed E-state index contributed by atoms with van der Waals surface area (Å²) in [5, 5.41) is 4.37. The van der Waals surface area contributed by atoms with Gasteiger partial charge in [-0.25, -0.2) is 4.68 Å². The number of benzene rings is 1. The normalized spacial score (nSPS) is 22.2. The Kier molecular flexibility index (Phi) is 4.01. The maximum absolute atomic E-state index is 12.9. The number of alkyl halides is 3. The number of carbonyl (C=O) groups is 1. The van der Waals surface area contributed by atoms with Crippen LogP contribution in [0.1, 0.15) is 12.0 Å². The lowest BCUT2D eigenvalue weighted by atomic mass is 9.84. The van der Waals surface area contributed by atoms with Gasteiger partial charge in [0.15, 0.2) is 0 Å². The van der Waals surface area contributed by atoms with Gasteiger partial charge in [-0.3, -0.25) is 4.79 Å². The van der Waals surface area contributed by atoms with Crippen LogP contribution >= 0.6 is 0 Å². The van der Waals surface area contributed by atoms with E-state index in [1.54, 1.807) is 11.1 Å². The third-order valence-electron chi connectivity index (χ3n) is 5.38. The first kappa shape index (κ1) is 17.6. The molecule has 1 saturated heterocycles. The van der Waals surface area contributed by atoms with Crippen LogP contribution < -0.4 is 4.90 Å². The number of fused-ring (bicyclic) bond motifs is 1. The minimum atomic E-state index is -4.36. The minimum absolute atomic E-state index is 0.0979. The second-order valence-corrected chi connectivity index (χ2v) is 7.19. The van der Waals surface area contributed by atoms with Crippen LogP contribution in [-0.2, 0) is 17.5 Å². The summed E-state index contributed by atoms with van der Waals surface area (Å²) in [7, 11) is 0. The third-order valence-corrected chi connectivity index (χ3v) is 5.38. The fourth-order valence-corrected chi connectivity index (χ4v) is 4.03. The van der Waals surface area contributed by atoms with Gasteiger partial charge in [-0.15, -0.1) is 0 Å². The van der Waals surface area contributed by atoms with Crippen molar-refractivity contribution >= 4 is 17.4 Å². The molecule has 1 amide bonds. The molecule has 1 aromatic heterocycles. The first-order chi connectivity index (χ1) is 12.8. The Morgan fingerprint density at radius 1 is 1.15 bits per heavy atom. The summed E-state index contributed by atoms with van der Waals surface area (Å²) in [6, 6.07) is 7.02. The van der Waals surface area contributed by atoms with Crippen LogP contribution in [-0.4, -0.2) is 40.2 Å². The molecule has 2 aliphatic heterocycles. The van der Waals surface area contributed by atoms with Crippen LogP contribution in [0.4, 0.5) is 24.7 Å². The summed E-state index contributed by atoms with van der Waals surface area (Å²) < 4.78 is 40.5. The number of aromatic nitrogens is 2. The summed E-state index contributed by atoms with van der Waals surface area (Å²) in [6.45, 7) is 6.05. The molecule has 3 heterocycles.